The van der Waals surface area contributed by atoms with Gasteiger partial charge in [0, 0.05) is 16.9 Å². The van der Waals surface area contributed by atoms with Gasteiger partial charge in [0.15, 0.2) is 0 Å². The van der Waals surface area contributed by atoms with E-state index in [0.717, 1.165) is 6.42 Å². The molecule has 0 saturated carbocycles. The van der Waals surface area contributed by atoms with Crippen LogP contribution in [0.1, 0.15) is 43.1 Å². The predicted octanol–water partition coefficient (Wildman–Crippen LogP) is 2.94. The third-order valence-corrected chi connectivity index (χ3v) is 5.32. The van der Waals surface area contributed by atoms with Crippen molar-refractivity contribution in [3.63, 3.8) is 0 Å². The van der Waals surface area contributed by atoms with Crippen LogP contribution >= 0.6 is 11.3 Å². The van der Waals surface area contributed by atoms with Gasteiger partial charge in [-0.1, -0.05) is 20.3 Å². The van der Waals surface area contributed by atoms with Gasteiger partial charge in [0.2, 0.25) is 5.91 Å². The van der Waals surface area contributed by atoms with E-state index in [1.807, 2.05) is 4.90 Å². The Hall–Kier alpha value is -0.910. The second-order valence-corrected chi connectivity index (χ2v) is 7.25. The molecule has 2 heterocycles. The molecule has 1 N–H and O–H groups in total. The number of carbonyl (C=O) groups is 1. The number of methoxy groups -OCH3 is 1. The van der Waals surface area contributed by atoms with Gasteiger partial charge in [-0.25, -0.2) is 0 Å². The molecule has 0 aliphatic carbocycles. The number of ether oxygens (including phenoxy) is 1. The third-order valence-electron chi connectivity index (χ3n) is 4.26. The van der Waals surface area contributed by atoms with Crippen LogP contribution in [-0.2, 0) is 9.53 Å². The third kappa shape index (κ3) is 3.30. The maximum atomic E-state index is 12.8. The number of nitrogens with zero attached hydrogens (tertiary/aromatic N) is 1. The summed E-state index contributed by atoms with van der Waals surface area (Å²) in [5, 5.41) is 3.54. The summed E-state index contributed by atoms with van der Waals surface area (Å²) in [4.78, 5) is 17.3. The standard InChI is InChI=1S/C16H26N2O2S/c1-6-10(2)14-16(19)18(11(3)9-20-5)15(17-14)13-8-7-12(4)21-13/h7-8,10-11,14-15,17H,6,9H2,1-5H3. The fourth-order valence-electron chi connectivity index (χ4n) is 2.87. The Morgan fingerprint density at radius 2 is 2.14 bits per heavy atom. The molecule has 1 saturated heterocycles. The Balaban J connectivity index is 2.29. The van der Waals surface area contributed by atoms with E-state index in [0.29, 0.717) is 12.5 Å². The first-order valence-corrected chi connectivity index (χ1v) is 8.44. The molecular weight excluding hydrogens is 284 g/mol. The lowest BCUT2D eigenvalue weighted by Gasteiger charge is -2.29. The Morgan fingerprint density at radius 3 is 2.67 bits per heavy atom. The van der Waals surface area contributed by atoms with E-state index in [1.54, 1.807) is 18.4 Å². The molecule has 5 heteroatoms. The Kier molecular flexibility index (Phi) is 5.41. The molecular formula is C16H26N2O2S. The predicted molar refractivity (Wildman–Crippen MR) is 86.4 cm³/mol. The molecule has 21 heavy (non-hydrogen) atoms. The molecule has 4 unspecified atom stereocenters. The Labute approximate surface area is 131 Å². The molecule has 1 aromatic heterocycles. The number of amides is 1. The number of carbonyl (C=O) groups excluding carboxylic acids is 1. The molecule has 1 fully saturated rings. The zero-order valence-corrected chi connectivity index (χ0v) is 14.4. The van der Waals surface area contributed by atoms with Crippen molar-refractivity contribution in [2.75, 3.05) is 13.7 Å². The van der Waals surface area contributed by atoms with Gasteiger partial charge in [-0.3, -0.25) is 10.1 Å². The van der Waals surface area contributed by atoms with Crippen molar-refractivity contribution in [1.82, 2.24) is 10.2 Å². The lowest BCUT2D eigenvalue weighted by atomic mass is 9.99. The largest absolute Gasteiger partial charge is 0.383 e. The second kappa shape index (κ2) is 6.90. The first-order chi connectivity index (χ1) is 9.99. The van der Waals surface area contributed by atoms with Crippen LogP contribution in [0, 0.1) is 12.8 Å². The Bertz CT molecular complexity index is 488. The van der Waals surface area contributed by atoms with Crippen molar-refractivity contribution < 1.29 is 9.53 Å². The zero-order valence-electron chi connectivity index (χ0n) is 13.6. The lowest BCUT2D eigenvalue weighted by Crippen LogP contribution is -2.41. The number of rotatable bonds is 6. The minimum absolute atomic E-state index is 0.0275. The molecule has 0 spiro atoms. The van der Waals surface area contributed by atoms with E-state index in [-0.39, 0.29) is 24.2 Å². The fourth-order valence-corrected chi connectivity index (χ4v) is 3.80. The molecule has 118 valence electrons. The summed E-state index contributed by atoms with van der Waals surface area (Å²) in [6.07, 6.45) is 0.965. The monoisotopic (exact) mass is 310 g/mol. The van der Waals surface area contributed by atoms with Gasteiger partial charge in [-0.05, 0) is 31.9 Å². The van der Waals surface area contributed by atoms with E-state index in [1.165, 1.54) is 9.75 Å². The average molecular weight is 310 g/mol. The van der Waals surface area contributed by atoms with Gasteiger partial charge in [0.1, 0.15) is 6.17 Å². The van der Waals surface area contributed by atoms with Crippen molar-refractivity contribution in [1.29, 1.82) is 0 Å². The van der Waals surface area contributed by atoms with Gasteiger partial charge in [0.25, 0.3) is 0 Å². The lowest BCUT2D eigenvalue weighted by molar-refractivity contribution is -0.133. The topological polar surface area (TPSA) is 41.6 Å². The highest BCUT2D eigenvalue weighted by Gasteiger charge is 2.44. The molecule has 1 aromatic rings. The number of nitrogens with one attached hydrogen (secondary N) is 1. The van der Waals surface area contributed by atoms with Crippen molar-refractivity contribution in [3.8, 4) is 0 Å². The summed E-state index contributed by atoms with van der Waals surface area (Å²) in [5.41, 5.74) is 0. The molecule has 1 aliphatic rings. The maximum Gasteiger partial charge on any atom is 0.241 e. The zero-order chi connectivity index (χ0) is 15.6. The van der Waals surface area contributed by atoms with Crippen molar-refractivity contribution in [2.45, 2.75) is 52.4 Å². The van der Waals surface area contributed by atoms with Crippen LogP contribution < -0.4 is 5.32 Å². The highest BCUT2D eigenvalue weighted by molar-refractivity contribution is 7.12. The minimum atomic E-state index is -0.0956. The quantitative estimate of drug-likeness (QED) is 0.878. The van der Waals surface area contributed by atoms with Crippen LogP contribution in [0.25, 0.3) is 0 Å². The summed E-state index contributed by atoms with van der Waals surface area (Å²) in [6, 6.07) is 4.21. The highest BCUT2D eigenvalue weighted by atomic mass is 32.1. The molecule has 0 bridgehead atoms. The fraction of sp³-hybridized carbons (Fsp3) is 0.688. The number of aryl methyl sites for hydroxylation is 1. The number of hydrogen-bond donors (Lipinski definition) is 1. The van der Waals surface area contributed by atoms with Crippen molar-refractivity contribution in [2.24, 2.45) is 5.92 Å². The van der Waals surface area contributed by atoms with Crippen LogP contribution in [0.5, 0.6) is 0 Å². The van der Waals surface area contributed by atoms with Crippen molar-refractivity contribution >= 4 is 17.2 Å². The van der Waals surface area contributed by atoms with Crippen LogP contribution in [0.15, 0.2) is 12.1 Å². The molecule has 1 amide bonds. The average Bonchev–Trinajstić information content (AvgIpc) is 3.02. The van der Waals surface area contributed by atoms with E-state index < -0.39 is 0 Å². The van der Waals surface area contributed by atoms with Gasteiger partial charge < -0.3 is 9.64 Å². The summed E-state index contributed by atoms with van der Waals surface area (Å²) in [7, 11) is 1.68. The SMILES string of the molecule is CCC(C)C1NC(c2ccc(C)s2)N(C(C)COC)C1=O. The molecule has 0 aromatic carbocycles. The van der Waals surface area contributed by atoms with Crippen LogP contribution in [0.2, 0.25) is 0 Å². The molecule has 4 atom stereocenters. The van der Waals surface area contributed by atoms with Gasteiger partial charge >= 0.3 is 0 Å². The van der Waals surface area contributed by atoms with Crippen molar-refractivity contribution in [3.05, 3.63) is 21.9 Å². The molecule has 2 rings (SSSR count). The first-order valence-electron chi connectivity index (χ1n) is 7.63. The molecule has 1 aliphatic heterocycles. The van der Waals surface area contributed by atoms with Gasteiger partial charge in [0.05, 0.1) is 18.7 Å². The van der Waals surface area contributed by atoms with E-state index >= 15 is 0 Å². The Morgan fingerprint density at radius 1 is 1.43 bits per heavy atom. The van der Waals surface area contributed by atoms with E-state index in [9.17, 15) is 4.79 Å². The number of hydrogen-bond acceptors (Lipinski definition) is 4. The normalized spacial score (nSPS) is 25.4. The number of thiophene rings is 1. The van der Waals surface area contributed by atoms with E-state index in [4.69, 9.17) is 4.74 Å². The summed E-state index contributed by atoms with van der Waals surface area (Å²) in [6.45, 7) is 8.97. The molecule has 4 nitrogen and oxygen atoms in total. The minimum Gasteiger partial charge on any atom is -0.383 e. The summed E-state index contributed by atoms with van der Waals surface area (Å²) < 4.78 is 5.26. The maximum absolute atomic E-state index is 12.8. The second-order valence-electron chi connectivity index (χ2n) is 5.93. The van der Waals surface area contributed by atoms with Gasteiger partial charge in [-0.15, -0.1) is 11.3 Å². The summed E-state index contributed by atoms with van der Waals surface area (Å²) in [5.74, 6) is 0.533. The smallest absolute Gasteiger partial charge is 0.241 e. The summed E-state index contributed by atoms with van der Waals surface area (Å²) >= 11 is 1.75. The van der Waals surface area contributed by atoms with E-state index in [2.05, 4.69) is 45.1 Å². The van der Waals surface area contributed by atoms with Crippen LogP contribution in [0.3, 0.4) is 0 Å². The van der Waals surface area contributed by atoms with Crippen LogP contribution in [-0.4, -0.2) is 36.6 Å². The van der Waals surface area contributed by atoms with Gasteiger partial charge in [-0.2, -0.15) is 0 Å². The first kappa shape index (κ1) is 16.5. The molecule has 0 radical (unpaired) electrons. The highest BCUT2D eigenvalue weighted by Crippen LogP contribution is 2.34. The van der Waals surface area contributed by atoms with Crippen LogP contribution in [0.4, 0.5) is 0 Å².